The number of carbonyl (C=O) groups excluding carboxylic acids is 2. The number of rotatable bonds is 6. The molecule has 92 valence electrons. The third kappa shape index (κ3) is 5.72. The number of nitrogens with zero attached hydrogens (tertiary/aromatic N) is 1. The molecule has 3 amide bonds. The monoisotopic (exact) mass is 248 g/mol. The lowest BCUT2D eigenvalue weighted by atomic mass is 10.4. The summed E-state index contributed by atoms with van der Waals surface area (Å²) in [6.07, 6.45) is 1.57. The summed E-state index contributed by atoms with van der Waals surface area (Å²) in [6, 6.07) is -0.491. The Morgan fingerprint density at radius 1 is 1.62 bits per heavy atom. The molecule has 1 unspecified atom stereocenters. The van der Waals surface area contributed by atoms with Crippen LogP contribution in [0.15, 0.2) is 12.7 Å². The van der Waals surface area contributed by atoms with Crippen LogP contribution in [0.1, 0.15) is 6.92 Å². The number of amides is 3. The predicted octanol–water partition coefficient (Wildman–Crippen LogP) is 0.984. The number of carbonyl (C=O) groups is 2. The maximum Gasteiger partial charge on any atom is 0.324 e. The molecule has 0 aromatic heterocycles. The summed E-state index contributed by atoms with van der Waals surface area (Å²) in [6.45, 7) is 6.16. The van der Waals surface area contributed by atoms with Crippen molar-refractivity contribution in [1.82, 2.24) is 10.2 Å². The molecule has 0 aliphatic rings. The number of nitrogens with one attached hydrogen (secondary N) is 1. The lowest BCUT2D eigenvalue weighted by Crippen LogP contribution is -2.46. The Morgan fingerprint density at radius 2 is 2.25 bits per heavy atom. The SMILES string of the molecule is C=CCN(CCOC)C(=O)NC(=O)C(C)Cl. The zero-order valence-corrected chi connectivity index (χ0v) is 10.3. The van der Waals surface area contributed by atoms with E-state index < -0.39 is 17.3 Å². The minimum Gasteiger partial charge on any atom is -0.383 e. The molecule has 0 saturated carbocycles. The molecule has 0 fully saturated rings. The highest BCUT2D eigenvalue weighted by atomic mass is 35.5. The van der Waals surface area contributed by atoms with Crippen molar-refractivity contribution in [1.29, 1.82) is 0 Å². The number of ether oxygens (including phenoxy) is 1. The molecule has 16 heavy (non-hydrogen) atoms. The van der Waals surface area contributed by atoms with E-state index in [-0.39, 0.29) is 0 Å². The first kappa shape index (κ1) is 14.9. The molecule has 6 heteroatoms. The van der Waals surface area contributed by atoms with Crippen molar-refractivity contribution in [2.45, 2.75) is 12.3 Å². The van der Waals surface area contributed by atoms with Crippen molar-refractivity contribution in [3.8, 4) is 0 Å². The molecule has 0 radical (unpaired) electrons. The predicted molar refractivity (Wildman–Crippen MR) is 62.5 cm³/mol. The lowest BCUT2D eigenvalue weighted by molar-refractivity contribution is -0.119. The average Bonchev–Trinajstić information content (AvgIpc) is 2.23. The van der Waals surface area contributed by atoms with Gasteiger partial charge in [-0.3, -0.25) is 10.1 Å². The first-order chi connectivity index (χ1) is 7.52. The minimum atomic E-state index is -0.739. The Bertz CT molecular complexity index is 256. The van der Waals surface area contributed by atoms with Crippen LogP contribution in [0.5, 0.6) is 0 Å². The zero-order chi connectivity index (χ0) is 12.6. The van der Waals surface area contributed by atoms with Gasteiger partial charge in [-0.2, -0.15) is 0 Å². The Morgan fingerprint density at radius 3 is 2.69 bits per heavy atom. The summed E-state index contributed by atoms with van der Waals surface area (Å²) in [5.41, 5.74) is 0. The van der Waals surface area contributed by atoms with Gasteiger partial charge in [-0.15, -0.1) is 18.2 Å². The molecule has 0 rings (SSSR count). The van der Waals surface area contributed by atoms with Crippen LogP contribution >= 0.6 is 11.6 Å². The summed E-state index contributed by atoms with van der Waals surface area (Å²) >= 11 is 5.53. The molecule has 0 aliphatic carbocycles. The van der Waals surface area contributed by atoms with E-state index in [1.54, 1.807) is 6.08 Å². The third-order valence-corrected chi connectivity index (χ3v) is 1.99. The standard InChI is InChI=1S/C10H17ClN2O3/c1-4-5-13(6-7-16-3)10(15)12-9(14)8(2)11/h4,8H,1,5-7H2,2-3H3,(H,12,14,15). The molecule has 1 atom stereocenters. The van der Waals surface area contributed by atoms with Crippen molar-refractivity contribution in [3.63, 3.8) is 0 Å². The number of hydrogen-bond donors (Lipinski definition) is 1. The fraction of sp³-hybridized carbons (Fsp3) is 0.600. The number of imide groups is 1. The largest absolute Gasteiger partial charge is 0.383 e. The summed E-state index contributed by atoms with van der Waals surface area (Å²) in [5.74, 6) is -0.516. The van der Waals surface area contributed by atoms with Gasteiger partial charge in [-0.1, -0.05) is 6.08 Å². The molecule has 0 saturated heterocycles. The van der Waals surface area contributed by atoms with E-state index in [1.807, 2.05) is 0 Å². The van der Waals surface area contributed by atoms with Gasteiger partial charge in [-0.05, 0) is 6.92 Å². The normalized spacial score (nSPS) is 11.7. The van der Waals surface area contributed by atoms with E-state index in [2.05, 4.69) is 11.9 Å². The number of urea groups is 1. The topological polar surface area (TPSA) is 58.6 Å². The van der Waals surface area contributed by atoms with E-state index >= 15 is 0 Å². The maximum atomic E-state index is 11.6. The second-order valence-electron chi connectivity index (χ2n) is 3.14. The fourth-order valence-corrected chi connectivity index (χ4v) is 0.972. The van der Waals surface area contributed by atoms with Gasteiger partial charge in [0.2, 0.25) is 5.91 Å². The van der Waals surface area contributed by atoms with Crippen LogP contribution in [0, 0.1) is 0 Å². The molecule has 5 nitrogen and oxygen atoms in total. The Kier molecular flexibility index (Phi) is 7.58. The van der Waals surface area contributed by atoms with Gasteiger partial charge < -0.3 is 9.64 Å². The Hall–Kier alpha value is -1.07. The Labute approximate surface area is 100 Å². The van der Waals surface area contributed by atoms with Crippen molar-refractivity contribution >= 4 is 23.5 Å². The van der Waals surface area contributed by atoms with Gasteiger partial charge in [0.05, 0.1) is 6.61 Å². The van der Waals surface area contributed by atoms with Crippen LogP contribution in [-0.4, -0.2) is 49.0 Å². The van der Waals surface area contributed by atoms with Crippen molar-refractivity contribution in [2.75, 3.05) is 26.8 Å². The molecule has 0 aliphatic heterocycles. The second-order valence-corrected chi connectivity index (χ2v) is 3.79. The van der Waals surface area contributed by atoms with Crippen LogP contribution in [0.2, 0.25) is 0 Å². The summed E-state index contributed by atoms with van der Waals surface area (Å²) < 4.78 is 4.85. The van der Waals surface area contributed by atoms with Gasteiger partial charge in [-0.25, -0.2) is 4.79 Å². The van der Waals surface area contributed by atoms with E-state index in [1.165, 1.54) is 18.9 Å². The maximum absolute atomic E-state index is 11.6. The molecular weight excluding hydrogens is 232 g/mol. The van der Waals surface area contributed by atoms with E-state index in [4.69, 9.17) is 16.3 Å². The third-order valence-electron chi connectivity index (χ3n) is 1.79. The molecule has 1 N–H and O–H groups in total. The molecule has 0 spiro atoms. The van der Waals surface area contributed by atoms with E-state index in [0.717, 1.165) is 0 Å². The molecule has 0 aromatic rings. The molecular formula is C10H17ClN2O3. The van der Waals surface area contributed by atoms with Gasteiger partial charge in [0.15, 0.2) is 0 Å². The van der Waals surface area contributed by atoms with Crippen LogP contribution in [0.25, 0.3) is 0 Å². The van der Waals surface area contributed by atoms with Crippen LogP contribution < -0.4 is 5.32 Å². The van der Waals surface area contributed by atoms with E-state index in [9.17, 15) is 9.59 Å². The molecule has 0 aromatic carbocycles. The van der Waals surface area contributed by atoms with Crippen LogP contribution in [-0.2, 0) is 9.53 Å². The Balaban J connectivity index is 4.25. The summed E-state index contributed by atoms with van der Waals surface area (Å²) in [4.78, 5) is 24.2. The number of alkyl halides is 1. The number of methoxy groups -OCH3 is 1. The summed E-state index contributed by atoms with van der Waals surface area (Å²) in [5, 5.41) is 1.45. The first-order valence-electron chi connectivity index (χ1n) is 4.86. The van der Waals surface area contributed by atoms with Crippen molar-refractivity contribution in [3.05, 3.63) is 12.7 Å². The van der Waals surface area contributed by atoms with Crippen LogP contribution in [0.3, 0.4) is 0 Å². The molecule has 0 bridgehead atoms. The zero-order valence-electron chi connectivity index (χ0n) is 9.53. The van der Waals surface area contributed by atoms with Crippen molar-refractivity contribution < 1.29 is 14.3 Å². The second kappa shape index (κ2) is 8.13. The van der Waals surface area contributed by atoms with Crippen molar-refractivity contribution in [2.24, 2.45) is 0 Å². The highest BCUT2D eigenvalue weighted by Crippen LogP contribution is 1.95. The average molecular weight is 249 g/mol. The summed E-state index contributed by atoms with van der Waals surface area (Å²) in [7, 11) is 1.54. The number of halogens is 1. The van der Waals surface area contributed by atoms with Crippen LogP contribution in [0.4, 0.5) is 4.79 Å². The van der Waals surface area contributed by atoms with Gasteiger partial charge >= 0.3 is 6.03 Å². The van der Waals surface area contributed by atoms with E-state index in [0.29, 0.717) is 19.7 Å². The first-order valence-corrected chi connectivity index (χ1v) is 5.30. The highest BCUT2D eigenvalue weighted by Gasteiger charge is 2.17. The lowest BCUT2D eigenvalue weighted by Gasteiger charge is -2.20. The highest BCUT2D eigenvalue weighted by molar-refractivity contribution is 6.31. The fourth-order valence-electron chi connectivity index (χ4n) is 0.917. The van der Waals surface area contributed by atoms with Gasteiger partial charge in [0.25, 0.3) is 0 Å². The number of hydrogen-bond acceptors (Lipinski definition) is 3. The molecule has 0 heterocycles. The smallest absolute Gasteiger partial charge is 0.324 e. The van der Waals surface area contributed by atoms with Gasteiger partial charge in [0.1, 0.15) is 5.38 Å². The quantitative estimate of drug-likeness (QED) is 0.563. The minimum absolute atomic E-state index is 0.346. The van der Waals surface area contributed by atoms with Gasteiger partial charge in [0, 0.05) is 20.2 Å².